The van der Waals surface area contributed by atoms with Gasteiger partial charge in [-0.05, 0) is 13.8 Å². The highest BCUT2D eigenvalue weighted by Gasteiger charge is 2.17. The molecule has 0 aliphatic carbocycles. The molecule has 0 amide bonds. The first-order valence-electron chi connectivity index (χ1n) is 6.01. The quantitative estimate of drug-likeness (QED) is 0.844. The van der Waals surface area contributed by atoms with E-state index in [0.717, 1.165) is 0 Å². The molecule has 0 spiro atoms. The molecule has 0 bridgehead atoms. The molecule has 0 atom stereocenters. The van der Waals surface area contributed by atoms with Crippen molar-refractivity contribution in [1.29, 1.82) is 0 Å². The summed E-state index contributed by atoms with van der Waals surface area (Å²) in [5.74, 6) is 0.393. The minimum absolute atomic E-state index is 0.00223. The summed E-state index contributed by atoms with van der Waals surface area (Å²) in [6, 6.07) is 0. The van der Waals surface area contributed by atoms with Crippen LogP contribution in [0.3, 0.4) is 0 Å². The van der Waals surface area contributed by atoms with Gasteiger partial charge in [-0.2, -0.15) is 5.10 Å². The van der Waals surface area contributed by atoms with Crippen LogP contribution in [0.5, 0.6) is 0 Å². The molecule has 0 saturated heterocycles. The van der Waals surface area contributed by atoms with Gasteiger partial charge in [-0.15, -0.1) is 0 Å². The zero-order chi connectivity index (χ0) is 14.8. The number of aryl methyl sites for hydroxylation is 2. The Morgan fingerprint density at radius 1 is 1.30 bits per heavy atom. The van der Waals surface area contributed by atoms with Crippen molar-refractivity contribution in [1.82, 2.24) is 19.7 Å². The first-order chi connectivity index (χ1) is 9.42. The summed E-state index contributed by atoms with van der Waals surface area (Å²) >= 11 is 0. The molecule has 0 aliphatic rings. The molecule has 9 heteroatoms. The van der Waals surface area contributed by atoms with Crippen molar-refractivity contribution in [2.24, 2.45) is 7.05 Å². The minimum Gasteiger partial charge on any atom is -0.355 e. The number of rotatable bonds is 5. The van der Waals surface area contributed by atoms with Crippen molar-refractivity contribution < 1.29 is 8.42 Å². The Hall–Kier alpha value is -2.16. The normalized spacial score (nSPS) is 11.3. The predicted octanol–water partition coefficient (Wildman–Crippen LogP) is 0.751. The molecule has 0 aromatic carbocycles. The highest BCUT2D eigenvalue weighted by molar-refractivity contribution is 7.92. The third-order valence-corrected chi connectivity index (χ3v) is 3.85. The third kappa shape index (κ3) is 3.05. The summed E-state index contributed by atoms with van der Waals surface area (Å²) < 4.78 is 28.4. The van der Waals surface area contributed by atoms with E-state index in [-0.39, 0.29) is 4.90 Å². The maximum atomic E-state index is 12.2. The second-order valence-corrected chi connectivity index (χ2v) is 5.86. The van der Waals surface area contributed by atoms with Gasteiger partial charge in [-0.3, -0.25) is 9.40 Å². The third-order valence-electron chi connectivity index (χ3n) is 2.53. The van der Waals surface area contributed by atoms with Gasteiger partial charge in [0.25, 0.3) is 10.0 Å². The van der Waals surface area contributed by atoms with E-state index in [1.807, 2.05) is 6.92 Å². The smallest absolute Gasteiger partial charge is 0.265 e. The van der Waals surface area contributed by atoms with E-state index in [9.17, 15) is 8.42 Å². The summed E-state index contributed by atoms with van der Waals surface area (Å²) in [5, 5.41) is 6.97. The maximum Gasteiger partial charge on any atom is 0.265 e. The molecule has 108 valence electrons. The summed E-state index contributed by atoms with van der Waals surface area (Å²) in [4.78, 5) is 7.89. The second-order valence-electron chi connectivity index (χ2n) is 4.18. The molecule has 20 heavy (non-hydrogen) atoms. The molecular weight excluding hydrogens is 280 g/mol. The van der Waals surface area contributed by atoms with Gasteiger partial charge in [0.05, 0.1) is 23.8 Å². The highest BCUT2D eigenvalue weighted by Crippen LogP contribution is 2.17. The van der Waals surface area contributed by atoms with Crippen molar-refractivity contribution in [2.75, 3.05) is 16.6 Å². The molecule has 0 aliphatic heterocycles. The van der Waals surface area contributed by atoms with E-state index >= 15 is 0 Å². The topological polar surface area (TPSA) is 102 Å². The van der Waals surface area contributed by atoms with Crippen LogP contribution in [-0.2, 0) is 17.1 Å². The molecule has 2 aromatic rings. The van der Waals surface area contributed by atoms with E-state index in [1.54, 1.807) is 20.2 Å². The van der Waals surface area contributed by atoms with E-state index < -0.39 is 10.0 Å². The molecule has 0 unspecified atom stereocenters. The molecule has 8 nitrogen and oxygen atoms in total. The fourth-order valence-electron chi connectivity index (χ4n) is 1.61. The van der Waals surface area contributed by atoms with Gasteiger partial charge < -0.3 is 5.32 Å². The number of hydrogen-bond donors (Lipinski definition) is 2. The van der Waals surface area contributed by atoms with Gasteiger partial charge in [-0.25, -0.2) is 18.4 Å². The van der Waals surface area contributed by atoms with Crippen molar-refractivity contribution in [3.05, 3.63) is 24.3 Å². The van der Waals surface area contributed by atoms with Crippen LogP contribution >= 0.6 is 0 Å². The van der Waals surface area contributed by atoms with Gasteiger partial charge in [0.1, 0.15) is 4.90 Å². The van der Waals surface area contributed by atoms with E-state index in [1.165, 1.54) is 17.1 Å². The van der Waals surface area contributed by atoms with Crippen molar-refractivity contribution in [2.45, 2.75) is 18.7 Å². The lowest BCUT2D eigenvalue weighted by atomic mass is 10.4. The number of sulfonamides is 1. The van der Waals surface area contributed by atoms with Gasteiger partial charge in [0.2, 0.25) is 5.95 Å². The van der Waals surface area contributed by atoms with Crippen LogP contribution in [0.2, 0.25) is 0 Å². The fourth-order valence-corrected chi connectivity index (χ4v) is 2.60. The molecule has 0 saturated carbocycles. The van der Waals surface area contributed by atoms with Gasteiger partial charge in [0, 0.05) is 19.8 Å². The van der Waals surface area contributed by atoms with Crippen LogP contribution in [0.1, 0.15) is 12.6 Å². The Morgan fingerprint density at radius 2 is 1.95 bits per heavy atom. The number of hydrogen-bond acceptors (Lipinski definition) is 6. The van der Waals surface area contributed by atoms with E-state index in [0.29, 0.717) is 23.9 Å². The average molecular weight is 296 g/mol. The number of aromatic nitrogens is 4. The summed E-state index contributed by atoms with van der Waals surface area (Å²) in [7, 11) is -1.99. The number of anilines is 2. The van der Waals surface area contributed by atoms with Crippen LogP contribution in [-0.4, -0.2) is 34.7 Å². The second kappa shape index (κ2) is 5.45. The first-order valence-corrected chi connectivity index (χ1v) is 7.49. The monoisotopic (exact) mass is 296 g/mol. The fraction of sp³-hybridized carbons (Fsp3) is 0.364. The lowest BCUT2D eigenvalue weighted by Crippen LogP contribution is -2.14. The highest BCUT2D eigenvalue weighted by atomic mass is 32.2. The minimum atomic E-state index is -3.71. The molecule has 2 heterocycles. The van der Waals surface area contributed by atoms with Crippen molar-refractivity contribution >= 4 is 21.7 Å². The largest absolute Gasteiger partial charge is 0.355 e. The Bertz CT molecular complexity index is 692. The zero-order valence-electron chi connectivity index (χ0n) is 11.5. The van der Waals surface area contributed by atoms with Gasteiger partial charge in [0.15, 0.2) is 0 Å². The molecule has 0 fully saturated rings. The SMILES string of the molecule is CCNc1ncc(S(=O)(=O)Nc2cn(C)nc2C)cn1. The van der Waals surface area contributed by atoms with Crippen LogP contribution in [0.4, 0.5) is 11.6 Å². The van der Waals surface area contributed by atoms with E-state index in [2.05, 4.69) is 25.1 Å². The first kappa shape index (κ1) is 14.3. The standard InChI is InChI=1S/C11H16N6O2S/c1-4-12-11-13-5-9(6-14-11)20(18,19)16-10-7-17(3)15-8(10)2/h5-7,16H,4H2,1-3H3,(H,12,13,14). The summed E-state index contributed by atoms with van der Waals surface area (Å²) in [5.41, 5.74) is 1.03. The van der Waals surface area contributed by atoms with Crippen LogP contribution in [0.15, 0.2) is 23.5 Å². The lowest BCUT2D eigenvalue weighted by molar-refractivity contribution is 0.600. The maximum absolute atomic E-state index is 12.2. The van der Waals surface area contributed by atoms with Crippen molar-refractivity contribution in [3.63, 3.8) is 0 Å². The summed E-state index contributed by atoms with van der Waals surface area (Å²) in [6.07, 6.45) is 4.12. The Labute approximate surface area is 117 Å². The van der Waals surface area contributed by atoms with Gasteiger partial charge in [-0.1, -0.05) is 0 Å². The molecular formula is C11H16N6O2S. The lowest BCUT2D eigenvalue weighted by Gasteiger charge is -2.07. The summed E-state index contributed by atoms with van der Waals surface area (Å²) in [6.45, 7) is 4.29. The number of nitrogens with zero attached hydrogens (tertiary/aromatic N) is 4. The van der Waals surface area contributed by atoms with Gasteiger partial charge >= 0.3 is 0 Å². The zero-order valence-corrected chi connectivity index (χ0v) is 12.3. The van der Waals surface area contributed by atoms with Crippen molar-refractivity contribution in [3.8, 4) is 0 Å². The molecule has 2 rings (SSSR count). The Morgan fingerprint density at radius 3 is 2.45 bits per heavy atom. The Kier molecular flexibility index (Phi) is 3.89. The van der Waals surface area contributed by atoms with Crippen LogP contribution < -0.4 is 10.0 Å². The molecule has 2 aromatic heterocycles. The van der Waals surface area contributed by atoms with E-state index in [4.69, 9.17) is 0 Å². The van der Waals surface area contributed by atoms with Crippen LogP contribution in [0, 0.1) is 6.92 Å². The molecule has 0 radical (unpaired) electrons. The number of nitrogens with one attached hydrogen (secondary N) is 2. The molecule has 2 N–H and O–H groups in total. The van der Waals surface area contributed by atoms with Crippen LogP contribution in [0.25, 0.3) is 0 Å². The average Bonchev–Trinajstić information content (AvgIpc) is 2.68. The predicted molar refractivity (Wildman–Crippen MR) is 74.9 cm³/mol. The Balaban J connectivity index is 2.24.